The number of aliphatic hydroxyl groups is 1. The van der Waals surface area contributed by atoms with Gasteiger partial charge < -0.3 is 20.1 Å². The largest absolute Gasteiger partial charge is 0.395 e. The molecule has 0 saturated heterocycles. The maximum atomic E-state index is 12.2. The normalized spacial score (nSPS) is 14.9. The molecule has 0 spiro atoms. The molecule has 5 heteroatoms. The van der Waals surface area contributed by atoms with E-state index in [-0.39, 0.29) is 12.6 Å². The minimum absolute atomic E-state index is 0.0230. The smallest absolute Gasteiger partial charge is 0.321 e. The Morgan fingerprint density at radius 2 is 1.96 bits per heavy atom. The molecule has 1 aliphatic rings. The second-order valence-corrected chi connectivity index (χ2v) is 6.06. The molecule has 2 rings (SSSR count). The quantitative estimate of drug-likeness (QED) is 0.772. The van der Waals surface area contributed by atoms with Crippen molar-refractivity contribution in [2.75, 3.05) is 25.0 Å². The van der Waals surface area contributed by atoms with Crippen LogP contribution in [0.25, 0.3) is 0 Å². The van der Waals surface area contributed by atoms with Crippen LogP contribution in [0.2, 0.25) is 0 Å². The van der Waals surface area contributed by atoms with E-state index in [1.54, 1.807) is 4.90 Å². The van der Waals surface area contributed by atoms with Gasteiger partial charge in [0.2, 0.25) is 0 Å². The van der Waals surface area contributed by atoms with E-state index >= 15 is 0 Å². The Kier molecular flexibility index (Phi) is 7.36. The molecular weight excluding hydrogens is 292 g/mol. The molecule has 5 nitrogen and oxygen atoms in total. The Morgan fingerprint density at radius 1 is 1.26 bits per heavy atom. The van der Waals surface area contributed by atoms with E-state index in [0.29, 0.717) is 25.8 Å². The third-order valence-electron chi connectivity index (χ3n) is 4.14. The third-order valence-corrected chi connectivity index (χ3v) is 4.14. The van der Waals surface area contributed by atoms with Crippen LogP contribution in [-0.2, 0) is 11.3 Å². The predicted octanol–water partition coefficient (Wildman–Crippen LogP) is 3.38. The molecule has 1 fully saturated rings. The lowest BCUT2D eigenvalue weighted by atomic mass is 10.2. The molecule has 0 aliphatic heterocycles. The number of nitrogens with zero attached hydrogens (tertiary/aromatic N) is 1. The summed E-state index contributed by atoms with van der Waals surface area (Å²) in [4.78, 5) is 13.8. The molecule has 0 atom stereocenters. The zero-order valence-electron chi connectivity index (χ0n) is 14.0. The van der Waals surface area contributed by atoms with Gasteiger partial charge in [-0.2, -0.15) is 0 Å². The Labute approximate surface area is 138 Å². The molecular formula is C18H28N2O3. The SMILES string of the molecule is CCCN(CCO)C(=O)Nc1ccc(COC2CCCC2)cc1. The average molecular weight is 320 g/mol. The van der Waals surface area contributed by atoms with Gasteiger partial charge in [-0.15, -0.1) is 0 Å². The van der Waals surface area contributed by atoms with Gasteiger partial charge in [-0.3, -0.25) is 0 Å². The monoisotopic (exact) mass is 320 g/mol. The molecule has 0 unspecified atom stereocenters. The first-order chi connectivity index (χ1) is 11.2. The highest BCUT2D eigenvalue weighted by atomic mass is 16.5. The first kappa shape index (κ1) is 17.8. The minimum atomic E-state index is -0.171. The maximum absolute atomic E-state index is 12.2. The summed E-state index contributed by atoms with van der Waals surface area (Å²) >= 11 is 0. The van der Waals surface area contributed by atoms with Crippen LogP contribution in [0.4, 0.5) is 10.5 Å². The second kappa shape index (κ2) is 9.53. The lowest BCUT2D eigenvalue weighted by Crippen LogP contribution is -2.37. The summed E-state index contributed by atoms with van der Waals surface area (Å²) < 4.78 is 5.89. The van der Waals surface area contributed by atoms with Crippen LogP contribution in [0, 0.1) is 0 Å². The predicted molar refractivity (Wildman–Crippen MR) is 91.5 cm³/mol. The van der Waals surface area contributed by atoms with Gasteiger partial charge >= 0.3 is 6.03 Å². The van der Waals surface area contributed by atoms with Crippen molar-refractivity contribution >= 4 is 11.7 Å². The van der Waals surface area contributed by atoms with Gasteiger partial charge in [0.25, 0.3) is 0 Å². The van der Waals surface area contributed by atoms with Crippen LogP contribution in [0.3, 0.4) is 0 Å². The van der Waals surface area contributed by atoms with E-state index in [1.807, 2.05) is 31.2 Å². The number of hydrogen-bond acceptors (Lipinski definition) is 3. The number of carbonyl (C=O) groups is 1. The number of benzene rings is 1. The lowest BCUT2D eigenvalue weighted by molar-refractivity contribution is 0.0457. The van der Waals surface area contributed by atoms with Gasteiger partial charge in [0.1, 0.15) is 0 Å². The van der Waals surface area contributed by atoms with E-state index in [0.717, 1.165) is 17.7 Å². The van der Waals surface area contributed by atoms with Gasteiger partial charge in [0, 0.05) is 18.8 Å². The number of anilines is 1. The van der Waals surface area contributed by atoms with E-state index < -0.39 is 0 Å². The zero-order chi connectivity index (χ0) is 16.5. The third kappa shape index (κ3) is 5.84. The molecule has 2 N–H and O–H groups in total. The summed E-state index contributed by atoms with van der Waals surface area (Å²) in [5, 5.41) is 11.9. The molecule has 1 saturated carbocycles. The molecule has 128 valence electrons. The zero-order valence-corrected chi connectivity index (χ0v) is 14.0. The number of urea groups is 1. The van der Waals surface area contributed by atoms with Gasteiger partial charge in [-0.25, -0.2) is 4.79 Å². The Balaban J connectivity index is 1.82. The van der Waals surface area contributed by atoms with Gasteiger partial charge in [-0.1, -0.05) is 31.9 Å². The fourth-order valence-corrected chi connectivity index (χ4v) is 2.86. The van der Waals surface area contributed by atoms with Crippen LogP contribution in [-0.4, -0.2) is 41.8 Å². The van der Waals surface area contributed by atoms with Gasteiger partial charge in [-0.05, 0) is 37.0 Å². The van der Waals surface area contributed by atoms with Crippen molar-refractivity contribution in [3.63, 3.8) is 0 Å². The molecule has 0 radical (unpaired) electrons. The van der Waals surface area contributed by atoms with E-state index in [1.165, 1.54) is 25.7 Å². The highest BCUT2D eigenvalue weighted by Gasteiger charge is 2.15. The van der Waals surface area contributed by atoms with Gasteiger partial charge in [0.05, 0.1) is 19.3 Å². The molecule has 1 aromatic rings. The van der Waals surface area contributed by atoms with E-state index in [2.05, 4.69) is 5.32 Å². The van der Waals surface area contributed by atoms with Crippen molar-refractivity contribution in [3.05, 3.63) is 29.8 Å². The number of carbonyl (C=O) groups excluding carboxylic acids is 1. The molecule has 23 heavy (non-hydrogen) atoms. The number of ether oxygens (including phenoxy) is 1. The number of hydrogen-bond donors (Lipinski definition) is 2. The van der Waals surface area contributed by atoms with Crippen molar-refractivity contribution in [2.45, 2.75) is 51.7 Å². The molecule has 2 amide bonds. The second-order valence-electron chi connectivity index (χ2n) is 6.06. The summed E-state index contributed by atoms with van der Waals surface area (Å²) in [7, 11) is 0. The van der Waals surface area contributed by atoms with Crippen LogP contribution < -0.4 is 5.32 Å². The molecule has 0 heterocycles. The van der Waals surface area contributed by atoms with Crippen LogP contribution >= 0.6 is 0 Å². The Morgan fingerprint density at radius 3 is 2.57 bits per heavy atom. The van der Waals surface area contributed by atoms with E-state index in [9.17, 15) is 4.79 Å². The number of rotatable bonds is 8. The average Bonchev–Trinajstić information content (AvgIpc) is 3.07. The summed E-state index contributed by atoms with van der Waals surface area (Å²) in [5.74, 6) is 0. The molecule has 1 aliphatic carbocycles. The van der Waals surface area contributed by atoms with Crippen LogP contribution in [0.5, 0.6) is 0 Å². The fourth-order valence-electron chi connectivity index (χ4n) is 2.86. The minimum Gasteiger partial charge on any atom is -0.395 e. The van der Waals surface area contributed by atoms with Crippen molar-refractivity contribution in [3.8, 4) is 0 Å². The maximum Gasteiger partial charge on any atom is 0.321 e. The van der Waals surface area contributed by atoms with Crippen molar-refractivity contribution < 1.29 is 14.6 Å². The standard InChI is InChI=1S/C18H28N2O3/c1-2-11-20(12-13-21)18(22)19-16-9-7-15(8-10-16)14-23-17-5-3-4-6-17/h7-10,17,21H,2-6,11-14H2,1H3,(H,19,22). The lowest BCUT2D eigenvalue weighted by Gasteiger charge is -2.21. The van der Waals surface area contributed by atoms with Gasteiger partial charge in [0.15, 0.2) is 0 Å². The van der Waals surface area contributed by atoms with E-state index in [4.69, 9.17) is 9.84 Å². The first-order valence-corrected chi connectivity index (χ1v) is 8.60. The Bertz CT molecular complexity index is 464. The topological polar surface area (TPSA) is 61.8 Å². The van der Waals surface area contributed by atoms with Crippen molar-refractivity contribution in [1.82, 2.24) is 4.90 Å². The number of amides is 2. The highest BCUT2D eigenvalue weighted by Crippen LogP contribution is 2.22. The van der Waals surface area contributed by atoms with Crippen LogP contribution in [0.1, 0.15) is 44.6 Å². The van der Waals surface area contributed by atoms with Crippen LogP contribution in [0.15, 0.2) is 24.3 Å². The molecule has 0 bridgehead atoms. The summed E-state index contributed by atoms with van der Waals surface area (Å²) in [6, 6.07) is 7.60. The first-order valence-electron chi connectivity index (χ1n) is 8.60. The number of aliphatic hydroxyl groups excluding tert-OH is 1. The summed E-state index contributed by atoms with van der Waals surface area (Å²) in [6.45, 7) is 3.61. The highest BCUT2D eigenvalue weighted by molar-refractivity contribution is 5.89. The summed E-state index contributed by atoms with van der Waals surface area (Å²) in [5.41, 5.74) is 1.88. The summed E-state index contributed by atoms with van der Waals surface area (Å²) in [6.07, 6.45) is 6.18. The Hall–Kier alpha value is -1.59. The van der Waals surface area contributed by atoms with Crippen molar-refractivity contribution in [1.29, 1.82) is 0 Å². The molecule has 1 aromatic carbocycles. The number of nitrogens with one attached hydrogen (secondary N) is 1. The van der Waals surface area contributed by atoms with Crippen molar-refractivity contribution in [2.24, 2.45) is 0 Å². The fraction of sp³-hybridized carbons (Fsp3) is 0.611. The molecule has 0 aromatic heterocycles.